The van der Waals surface area contributed by atoms with Gasteiger partial charge >= 0.3 is 0 Å². The highest BCUT2D eigenvalue weighted by atomic mass is 127. The molecule has 25 heavy (non-hydrogen) atoms. The number of thioether (sulfide) groups is 1. The monoisotopic (exact) mass is 544 g/mol. The van der Waals surface area contributed by atoms with E-state index in [0.717, 1.165) is 34.9 Å². The summed E-state index contributed by atoms with van der Waals surface area (Å²) in [5, 5.41) is 4.98. The van der Waals surface area contributed by atoms with Crippen molar-refractivity contribution in [2.24, 2.45) is 0 Å². The van der Waals surface area contributed by atoms with Crippen molar-refractivity contribution >= 4 is 73.2 Å². The molecular formula is C18H14BrIN2OS2. The van der Waals surface area contributed by atoms with Crippen LogP contribution in [-0.4, -0.2) is 16.6 Å². The molecule has 0 unspecified atom stereocenters. The zero-order valence-electron chi connectivity index (χ0n) is 13.3. The van der Waals surface area contributed by atoms with E-state index >= 15 is 0 Å². The summed E-state index contributed by atoms with van der Waals surface area (Å²) in [7, 11) is 0. The molecule has 3 nitrogen and oxygen atoms in total. The fourth-order valence-electron chi connectivity index (χ4n) is 2.16. The summed E-state index contributed by atoms with van der Waals surface area (Å²) in [4.78, 5) is 16.8. The topological polar surface area (TPSA) is 42.0 Å². The Bertz CT molecular complexity index is 896. The van der Waals surface area contributed by atoms with Gasteiger partial charge < -0.3 is 5.32 Å². The van der Waals surface area contributed by atoms with Crippen molar-refractivity contribution in [2.75, 3.05) is 11.1 Å². The minimum absolute atomic E-state index is 0.0188. The van der Waals surface area contributed by atoms with Crippen LogP contribution < -0.4 is 5.32 Å². The maximum Gasteiger partial charge on any atom is 0.234 e. The maximum atomic E-state index is 12.2. The number of thiazole rings is 1. The highest BCUT2D eigenvalue weighted by Gasteiger charge is 2.09. The molecule has 1 amide bonds. The quantitative estimate of drug-likeness (QED) is 0.306. The van der Waals surface area contributed by atoms with E-state index in [9.17, 15) is 4.79 Å². The smallest absolute Gasteiger partial charge is 0.234 e. The lowest BCUT2D eigenvalue weighted by Gasteiger charge is -2.08. The summed E-state index contributed by atoms with van der Waals surface area (Å²) in [6.45, 7) is 2.00. The summed E-state index contributed by atoms with van der Waals surface area (Å²) in [5.74, 6) is 0.327. The van der Waals surface area contributed by atoms with Gasteiger partial charge in [-0.25, -0.2) is 4.98 Å². The minimum Gasteiger partial charge on any atom is -0.325 e. The highest BCUT2D eigenvalue weighted by molar-refractivity contribution is 14.1. The second-order valence-corrected chi connectivity index (χ2v) is 9.54. The van der Waals surface area contributed by atoms with E-state index in [-0.39, 0.29) is 5.91 Å². The van der Waals surface area contributed by atoms with Crippen molar-refractivity contribution in [3.63, 3.8) is 0 Å². The number of benzene rings is 2. The van der Waals surface area contributed by atoms with E-state index in [0.29, 0.717) is 5.75 Å². The van der Waals surface area contributed by atoms with E-state index in [1.807, 2.05) is 48.7 Å². The zero-order chi connectivity index (χ0) is 17.8. The third-order valence-corrected chi connectivity index (χ3v) is 6.63. The Morgan fingerprint density at radius 1 is 1.28 bits per heavy atom. The number of amides is 1. The number of carbonyl (C=O) groups excluding carboxylic acids is 1. The van der Waals surface area contributed by atoms with Gasteiger partial charge in [-0.15, -0.1) is 11.3 Å². The van der Waals surface area contributed by atoms with Crippen LogP contribution in [0.5, 0.6) is 0 Å². The number of halogens is 2. The highest BCUT2D eigenvalue weighted by Crippen LogP contribution is 2.29. The van der Waals surface area contributed by atoms with Crippen molar-refractivity contribution in [1.82, 2.24) is 4.98 Å². The molecule has 0 atom stereocenters. The van der Waals surface area contributed by atoms with Crippen LogP contribution in [0.15, 0.2) is 56.7 Å². The Morgan fingerprint density at radius 2 is 2.04 bits per heavy atom. The lowest BCUT2D eigenvalue weighted by Crippen LogP contribution is -2.14. The van der Waals surface area contributed by atoms with E-state index < -0.39 is 0 Å². The van der Waals surface area contributed by atoms with Gasteiger partial charge in [0.1, 0.15) is 0 Å². The van der Waals surface area contributed by atoms with E-state index in [4.69, 9.17) is 0 Å². The molecule has 1 aromatic heterocycles. The molecule has 2 aromatic carbocycles. The Kier molecular flexibility index (Phi) is 6.54. The molecule has 0 aliphatic heterocycles. The zero-order valence-corrected chi connectivity index (χ0v) is 18.6. The van der Waals surface area contributed by atoms with Gasteiger partial charge in [0.15, 0.2) is 4.34 Å². The Hall–Kier alpha value is -0.900. The number of aromatic nitrogens is 1. The number of nitrogens with one attached hydrogen (secondary N) is 1. The van der Waals surface area contributed by atoms with Crippen molar-refractivity contribution < 1.29 is 4.79 Å². The molecule has 0 spiro atoms. The van der Waals surface area contributed by atoms with Crippen LogP contribution in [0.2, 0.25) is 0 Å². The molecule has 1 heterocycles. The number of carbonyl (C=O) groups is 1. The maximum absolute atomic E-state index is 12.2. The largest absolute Gasteiger partial charge is 0.325 e. The van der Waals surface area contributed by atoms with E-state index in [2.05, 4.69) is 54.9 Å². The first kappa shape index (κ1) is 18.9. The normalized spacial score (nSPS) is 10.7. The van der Waals surface area contributed by atoms with Crippen LogP contribution in [-0.2, 0) is 4.79 Å². The molecule has 1 N–H and O–H groups in total. The number of nitrogens with zero attached hydrogens (tertiary/aromatic N) is 1. The first-order valence-electron chi connectivity index (χ1n) is 7.41. The average molecular weight is 545 g/mol. The molecule has 0 saturated heterocycles. The van der Waals surface area contributed by atoms with Crippen molar-refractivity contribution in [1.29, 1.82) is 0 Å². The van der Waals surface area contributed by atoms with Crippen LogP contribution >= 0.6 is 61.6 Å². The number of rotatable bonds is 5. The first-order chi connectivity index (χ1) is 12.0. The standard InChI is InChI=1S/C18H14BrIN2OS2/c1-11-8-14(20)6-7-15(11)21-17(23)10-25-18-22-16(9-24-18)12-2-4-13(19)5-3-12/h2-9H,10H2,1H3,(H,21,23). The van der Waals surface area contributed by atoms with Crippen LogP contribution in [0.3, 0.4) is 0 Å². The molecule has 0 radical (unpaired) electrons. The molecule has 0 aliphatic rings. The second-order valence-electron chi connectivity index (χ2n) is 5.30. The Balaban J connectivity index is 1.58. The van der Waals surface area contributed by atoms with Gasteiger partial charge in [-0.2, -0.15) is 0 Å². The molecular weight excluding hydrogens is 531 g/mol. The fourth-order valence-corrected chi connectivity index (χ4v) is 4.70. The van der Waals surface area contributed by atoms with Gasteiger partial charge in [0.2, 0.25) is 5.91 Å². The molecule has 3 rings (SSSR count). The summed E-state index contributed by atoms with van der Waals surface area (Å²) >= 11 is 8.72. The second kappa shape index (κ2) is 8.66. The first-order valence-corrected chi connectivity index (χ1v) is 11.2. The van der Waals surface area contributed by atoms with Gasteiger partial charge in [-0.05, 0) is 65.4 Å². The van der Waals surface area contributed by atoms with Gasteiger partial charge in [0.25, 0.3) is 0 Å². The number of hydrogen-bond donors (Lipinski definition) is 1. The number of hydrogen-bond acceptors (Lipinski definition) is 4. The summed E-state index contributed by atoms with van der Waals surface area (Å²) in [6, 6.07) is 14.0. The lowest BCUT2D eigenvalue weighted by atomic mass is 10.2. The number of aryl methyl sites for hydroxylation is 1. The van der Waals surface area contributed by atoms with Crippen LogP contribution in [0.1, 0.15) is 5.56 Å². The minimum atomic E-state index is -0.0188. The summed E-state index contributed by atoms with van der Waals surface area (Å²) < 4.78 is 3.10. The van der Waals surface area contributed by atoms with E-state index in [1.165, 1.54) is 11.8 Å². The Morgan fingerprint density at radius 3 is 2.76 bits per heavy atom. The summed E-state index contributed by atoms with van der Waals surface area (Å²) in [5.41, 5.74) is 3.94. The van der Waals surface area contributed by atoms with E-state index in [1.54, 1.807) is 11.3 Å². The van der Waals surface area contributed by atoms with Crippen LogP contribution in [0.25, 0.3) is 11.3 Å². The summed E-state index contributed by atoms with van der Waals surface area (Å²) in [6.07, 6.45) is 0. The molecule has 0 bridgehead atoms. The van der Waals surface area contributed by atoms with Gasteiger partial charge in [-0.3, -0.25) is 4.79 Å². The van der Waals surface area contributed by atoms with Gasteiger partial charge in [0, 0.05) is 24.7 Å². The Labute approximate surface area is 176 Å². The third kappa shape index (κ3) is 5.29. The van der Waals surface area contributed by atoms with Crippen LogP contribution in [0.4, 0.5) is 5.69 Å². The predicted octanol–water partition coefficient (Wildman–Crippen LogP) is 6.22. The number of anilines is 1. The molecule has 0 aliphatic carbocycles. The molecule has 7 heteroatoms. The molecule has 0 fully saturated rings. The molecule has 0 saturated carbocycles. The lowest BCUT2D eigenvalue weighted by molar-refractivity contribution is -0.113. The van der Waals surface area contributed by atoms with Crippen LogP contribution in [0, 0.1) is 10.5 Å². The predicted molar refractivity (Wildman–Crippen MR) is 118 cm³/mol. The van der Waals surface area contributed by atoms with Gasteiger partial charge in [-0.1, -0.05) is 39.8 Å². The SMILES string of the molecule is Cc1cc(I)ccc1NC(=O)CSc1nc(-c2ccc(Br)cc2)cs1. The van der Waals surface area contributed by atoms with Gasteiger partial charge in [0.05, 0.1) is 11.4 Å². The van der Waals surface area contributed by atoms with Crippen molar-refractivity contribution in [3.05, 3.63) is 61.5 Å². The molecule has 3 aromatic rings. The third-order valence-electron chi connectivity index (χ3n) is 3.41. The average Bonchev–Trinajstić information content (AvgIpc) is 3.05. The molecule has 128 valence electrons. The van der Waals surface area contributed by atoms with Crippen molar-refractivity contribution in [3.8, 4) is 11.3 Å². The van der Waals surface area contributed by atoms with Crippen molar-refractivity contribution in [2.45, 2.75) is 11.3 Å². The fraction of sp³-hybridized carbons (Fsp3) is 0.111.